The number of hydrogen-bond acceptors (Lipinski definition) is 6. The predicted molar refractivity (Wildman–Crippen MR) is 153 cm³/mol. The standard InChI is InChI=1S/C32H36N2O4/c1-5-23(3)21-37-31(35)27-11-15-29(16-12-27)33-19-25-7-9-26(10-8-25)20-34-30-17-13-28(14-18-30)32(36)38-22-24(4)6-2/h7-20,23-24H,5-6,21-22H2,1-4H3. The van der Waals surface area contributed by atoms with Crippen LogP contribution in [0.1, 0.15) is 72.4 Å². The van der Waals surface area contributed by atoms with E-state index < -0.39 is 0 Å². The number of rotatable bonds is 12. The van der Waals surface area contributed by atoms with Gasteiger partial charge in [-0.25, -0.2) is 9.59 Å². The Hall–Kier alpha value is -4.06. The third-order valence-electron chi connectivity index (χ3n) is 6.26. The van der Waals surface area contributed by atoms with Gasteiger partial charge in [-0.2, -0.15) is 0 Å². The second-order valence-corrected chi connectivity index (χ2v) is 9.50. The Balaban J connectivity index is 1.52. The van der Waals surface area contributed by atoms with Gasteiger partial charge in [-0.3, -0.25) is 9.98 Å². The molecule has 0 saturated carbocycles. The quantitative estimate of drug-likeness (QED) is 0.185. The molecule has 0 saturated heterocycles. The number of esters is 2. The van der Waals surface area contributed by atoms with Gasteiger partial charge in [0.15, 0.2) is 0 Å². The highest BCUT2D eigenvalue weighted by molar-refractivity contribution is 5.91. The summed E-state index contributed by atoms with van der Waals surface area (Å²) in [6.07, 6.45) is 5.49. The molecule has 2 unspecified atom stereocenters. The smallest absolute Gasteiger partial charge is 0.338 e. The molecule has 6 nitrogen and oxygen atoms in total. The van der Waals surface area contributed by atoms with Crippen LogP contribution in [0.5, 0.6) is 0 Å². The van der Waals surface area contributed by atoms with Crippen LogP contribution in [-0.4, -0.2) is 37.6 Å². The van der Waals surface area contributed by atoms with E-state index in [4.69, 9.17) is 9.47 Å². The first-order chi connectivity index (χ1) is 18.4. The van der Waals surface area contributed by atoms with Crippen molar-refractivity contribution in [2.75, 3.05) is 13.2 Å². The summed E-state index contributed by atoms with van der Waals surface area (Å²) < 4.78 is 10.7. The van der Waals surface area contributed by atoms with Crippen molar-refractivity contribution in [1.82, 2.24) is 0 Å². The molecule has 6 heteroatoms. The zero-order valence-corrected chi connectivity index (χ0v) is 22.6. The van der Waals surface area contributed by atoms with Crippen LogP contribution < -0.4 is 0 Å². The average molecular weight is 513 g/mol. The lowest BCUT2D eigenvalue weighted by atomic mass is 10.1. The monoisotopic (exact) mass is 512 g/mol. The maximum Gasteiger partial charge on any atom is 0.338 e. The molecule has 3 rings (SSSR count). The van der Waals surface area contributed by atoms with Crippen LogP contribution in [0.25, 0.3) is 0 Å². The second-order valence-electron chi connectivity index (χ2n) is 9.50. The molecule has 0 N–H and O–H groups in total. The van der Waals surface area contributed by atoms with Crippen LogP contribution >= 0.6 is 0 Å². The van der Waals surface area contributed by atoms with Gasteiger partial charge >= 0.3 is 11.9 Å². The van der Waals surface area contributed by atoms with Crippen molar-refractivity contribution in [2.24, 2.45) is 21.8 Å². The van der Waals surface area contributed by atoms with E-state index in [2.05, 4.69) is 37.7 Å². The molecule has 38 heavy (non-hydrogen) atoms. The SMILES string of the molecule is CCC(C)COC(=O)c1ccc(N=Cc2ccc(C=Nc3ccc(C(=O)OCC(C)CC)cc3)cc2)cc1. The lowest BCUT2D eigenvalue weighted by molar-refractivity contribution is 0.0438. The Bertz CT molecular complexity index is 1130. The van der Waals surface area contributed by atoms with Gasteiger partial charge in [-0.15, -0.1) is 0 Å². The summed E-state index contributed by atoms with van der Waals surface area (Å²) in [5, 5.41) is 0. The number of ether oxygens (including phenoxy) is 2. The summed E-state index contributed by atoms with van der Waals surface area (Å²) in [6.45, 7) is 9.11. The fourth-order valence-corrected chi connectivity index (χ4v) is 3.17. The van der Waals surface area contributed by atoms with E-state index in [0.717, 1.165) is 35.3 Å². The van der Waals surface area contributed by atoms with E-state index >= 15 is 0 Å². The molecule has 0 amide bonds. The van der Waals surface area contributed by atoms with E-state index in [1.165, 1.54) is 0 Å². The number of aliphatic imine (C=N–C) groups is 2. The molecule has 0 heterocycles. The van der Waals surface area contributed by atoms with Gasteiger partial charge in [-0.1, -0.05) is 64.8 Å². The highest BCUT2D eigenvalue weighted by atomic mass is 16.5. The molecular weight excluding hydrogens is 476 g/mol. The van der Waals surface area contributed by atoms with Crippen LogP contribution in [0, 0.1) is 11.8 Å². The first-order valence-electron chi connectivity index (χ1n) is 13.1. The molecule has 3 aromatic carbocycles. The Morgan fingerprint density at radius 3 is 1.29 bits per heavy atom. The van der Waals surface area contributed by atoms with E-state index in [0.29, 0.717) is 36.2 Å². The molecule has 0 radical (unpaired) electrons. The number of carbonyl (C=O) groups excluding carboxylic acids is 2. The van der Waals surface area contributed by atoms with Crippen molar-refractivity contribution in [3.63, 3.8) is 0 Å². The van der Waals surface area contributed by atoms with E-state index in [-0.39, 0.29) is 11.9 Å². The summed E-state index contributed by atoms with van der Waals surface area (Å²) in [5.74, 6) is 0.0781. The van der Waals surface area contributed by atoms with Crippen molar-refractivity contribution >= 4 is 35.7 Å². The van der Waals surface area contributed by atoms with Gasteiger partial charge in [0, 0.05) is 12.4 Å². The molecule has 0 bridgehead atoms. The highest BCUT2D eigenvalue weighted by Crippen LogP contribution is 2.16. The summed E-state index contributed by atoms with van der Waals surface area (Å²) >= 11 is 0. The first kappa shape index (κ1) is 28.5. The largest absolute Gasteiger partial charge is 0.462 e. The molecule has 0 aromatic heterocycles. The fourth-order valence-electron chi connectivity index (χ4n) is 3.17. The van der Waals surface area contributed by atoms with Gasteiger partial charge in [0.1, 0.15) is 0 Å². The second kappa shape index (κ2) is 14.6. The van der Waals surface area contributed by atoms with Crippen LogP contribution in [0.15, 0.2) is 82.8 Å². The minimum absolute atomic E-state index is 0.311. The van der Waals surface area contributed by atoms with Crippen molar-refractivity contribution in [1.29, 1.82) is 0 Å². The molecule has 0 spiro atoms. The maximum absolute atomic E-state index is 12.1. The zero-order chi connectivity index (χ0) is 27.3. The zero-order valence-electron chi connectivity index (χ0n) is 22.6. The summed E-state index contributed by atoms with van der Waals surface area (Å²) in [4.78, 5) is 33.3. The van der Waals surface area contributed by atoms with Gasteiger partial charge in [0.25, 0.3) is 0 Å². The van der Waals surface area contributed by atoms with Crippen molar-refractivity contribution < 1.29 is 19.1 Å². The number of nitrogens with zero attached hydrogens (tertiary/aromatic N) is 2. The van der Waals surface area contributed by atoms with E-state index in [1.54, 1.807) is 61.0 Å². The van der Waals surface area contributed by atoms with Crippen LogP contribution in [0.3, 0.4) is 0 Å². The van der Waals surface area contributed by atoms with Gasteiger partial charge < -0.3 is 9.47 Å². The van der Waals surface area contributed by atoms with Crippen LogP contribution in [0.2, 0.25) is 0 Å². The van der Waals surface area contributed by atoms with Crippen molar-refractivity contribution in [2.45, 2.75) is 40.5 Å². The third-order valence-corrected chi connectivity index (χ3v) is 6.26. The fraction of sp³-hybridized carbons (Fsp3) is 0.312. The average Bonchev–Trinajstić information content (AvgIpc) is 2.97. The third kappa shape index (κ3) is 9.11. The summed E-state index contributed by atoms with van der Waals surface area (Å²) in [6, 6.07) is 22.0. The van der Waals surface area contributed by atoms with Gasteiger partial charge in [0.05, 0.1) is 35.7 Å². The number of benzene rings is 3. The molecular formula is C32H36N2O4. The molecule has 2 atom stereocenters. The normalized spacial score (nSPS) is 12.9. The minimum Gasteiger partial charge on any atom is -0.462 e. The predicted octanol–water partition coefficient (Wildman–Crippen LogP) is 7.59. The minimum atomic E-state index is -0.311. The maximum atomic E-state index is 12.1. The first-order valence-corrected chi connectivity index (χ1v) is 13.1. The topological polar surface area (TPSA) is 77.3 Å². The lowest BCUT2D eigenvalue weighted by Gasteiger charge is -2.09. The summed E-state index contributed by atoms with van der Waals surface area (Å²) in [7, 11) is 0. The summed E-state index contributed by atoms with van der Waals surface area (Å²) in [5.41, 5.74) is 4.43. The molecule has 3 aromatic rings. The lowest BCUT2D eigenvalue weighted by Crippen LogP contribution is -2.11. The molecule has 0 aliphatic rings. The Morgan fingerprint density at radius 2 is 0.974 bits per heavy atom. The van der Waals surface area contributed by atoms with Gasteiger partial charge in [0.2, 0.25) is 0 Å². The van der Waals surface area contributed by atoms with Crippen molar-refractivity contribution in [3.05, 3.63) is 95.1 Å². The Labute approximate surface area is 225 Å². The van der Waals surface area contributed by atoms with Crippen LogP contribution in [0.4, 0.5) is 11.4 Å². The van der Waals surface area contributed by atoms with E-state index in [9.17, 15) is 9.59 Å². The number of carbonyl (C=O) groups is 2. The Kier molecular flexibility index (Phi) is 11.0. The Morgan fingerprint density at radius 1 is 0.632 bits per heavy atom. The van der Waals surface area contributed by atoms with E-state index in [1.807, 2.05) is 24.3 Å². The van der Waals surface area contributed by atoms with Crippen molar-refractivity contribution in [3.8, 4) is 0 Å². The molecule has 198 valence electrons. The van der Waals surface area contributed by atoms with Crippen LogP contribution in [-0.2, 0) is 9.47 Å². The molecule has 0 aliphatic heterocycles. The molecule has 0 aliphatic carbocycles. The highest BCUT2D eigenvalue weighted by Gasteiger charge is 2.10. The molecule has 0 fully saturated rings. The number of hydrogen-bond donors (Lipinski definition) is 0. The van der Waals surface area contributed by atoms with Gasteiger partial charge in [-0.05, 0) is 71.5 Å².